The topological polar surface area (TPSA) is 156 Å². The predicted molar refractivity (Wildman–Crippen MR) is 127 cm³/mol. The highest BCUT2D eigenvalue weighted by atomic mass is 16.4. The average molecular weight is 495 g/mol. The summed E-state index contributed by atoms with van der Waals surface area (Å²) in [6.07, 6.45) is 2.20. The van der Waals surface area contributed by atoms with E-state index in [1.807, 2.05) is 20.8 Å². The first-order chi connectivity index (χ1) is 16.1. The third-order valence-electron chi connectivity index (χ3n) is 10.8. The van der Waals surface area contributed by atoms with Gasteiger partial charge in [0, 0.05) is 11.3 Å². The summed E-state index contributed by atoms with van der Waals surface area (Å²) < 4.78 is 0. The van der Waals surface area contributed by atoms with Crippen LogP contribution in [-0.4, -0.2) is 71.9 Å². The Morgan fingerprint density at radius 2 is 1.83 bits per heavy atom. The molecule has 0 aromatic heterocycles. The number of ketones is 1. The monoisotopic (exact) mass is 494 g/mol. The van der Waals surface area contributed by atoms with Crippen LogP contribution in [-0.2, 0) is 9.59 Å². The van der Waals surface area contributed by atoms with Gasteiger partial charge in [-0.3, -0.25) is 4.79 Å². The standard InChI is InChI=1S/C27H42O8/c1-14(19(28)7-9-26(4,34)23(32)33)15-6-10-27(35)17-11-20(29)18-12-21(30)22(31)13-24(18,2)16(17)5-8-25(15,27)3/h11,14-16,18-19,21-22,28,30-31,34-35H,5-10,12-13H2,1-4H3,(H,32,33)/t14-,15+,16-,18-,19?,21+,22-,24+,25+,26?,27+/m0/s1. The molecule has 0 spiro atoms. The second-order valence-electron chi connectivity index (χ2n) is 12.7. The molecule has 8 heteroatoms. The van der Waals surface area contributed by atoms with E-state index in [4.69, 9.17) is 0 Å². The Balaban J connectivity index is 1.59. The Hall–Kier alpha value is -1.32. The Morgan fingerprint density at radius 1 is 1.17 bits per heavy atom. The summed E-state index contributed by atoms with van der Waals surface area (Å²) in [5.74, 6) is -2.12. The second kappa shape index (κ2) is 8.62. The Morgan fingerprint density at radius 3 is 2.46 bits per heavy atom. The van der Waals surface area contributed by atoms with Crippen molar-refractivity contribution in [2.75, 3.05) is 0 Å². The predicted octanol–water partition coefficient (Wildman–Crippen LogP) is 1.80. The van der Waals surface area contributed by atoms with Gasteiger partial charge in [0.2, 0.25) is 0 Å². The molecular weight excluding hydrogens is 452 g/mol. The lowest BCUT2D eigenvalue weighted by Crippen LogP contribution is -2.61. The molecule has 0 saturated heterocycles. The number of aliphatic carboxylic acids is 1. The minimum atomic E-state index is -1.91. The van der Waals surface area contributed by atoms with Gasteiger partial charge >= 0.3 is 5.97 Å². The molecule has 35 heavy (non-hydrogen) atoms. The molecule has 6 N–H and O–H groups in total. The molecule has 4 rings (SSSR count). The zero-order valence-corrected chi connectivity index (χ0v) is 21.3. The molecule has 0 bridgehead atoms. The highest BCUT2D eigenvalue weighted by Crippen LogP contribution is 2.68. The zero-order chi connectivity index (χ0) is 26.1. The lowest BCUT2D eigenvalue weighted by atomic mass is 9.46. The van der Waals surface area contributed by atoms with Crippen molar-refractivity contribution >= 4 is 11.8 Å². The fraction of sp³-hybridized carbons (Fsp3) is 0.852. The van der Waals surface area contributed by atoms with Gasteiger partial charge in [-0.15, -0.1) is 0 Å². The SMILES string of the molecule is C[C@H](C(O)CCC(C)(O)C(=O)O)[C@H]1CC[C@@]2(O)C3=CC(=O)[C@@H]4C[C@@H](O)[C@@H](O)C[C@]4(C)[C@H]3CC[C@]12C. The van der Waals surface area contributed by atoms with Crippen LogP contribution in [0.25, 0.3) is 0 Å². The van der Waals surface area contributed by atoms with Gasteiger partial charge in [-0.25, -0.2) is 4.79 Å². The number of hydrogen-bond acceptors (Lipinski definition) is 7. The Labute approximate surface area is 207 Å². The third-order valence-corrected chi connectivity index (χ3v) is 10.8. The number of carboxylic acid groups (broad SMARTS) is 1. The molecule has 3 saturated carbocycles. The number of carboxylic acids is 1. The van der Waals surface area contributed by atoms with Gasteiger partial charge in [0.1, 0.15) is 0 Å². The van der Waals surface area contributed by atoms with Crippen LogP contribution >= 0.6 is 0 Å². The number of fused-ring (bicyclic) bond motifs is 5. The minimum Gasteiger partial charge on any atom is -0.479 e. The third kappa shape index (κ3) is 3.91. The van der Waals surface area contributed by atoms with E-state index in [0.717, 1.165) is 12.0 Å². The number of carbonyl (C=O) groups is 2. The highest BCUT2D eigenvalue weighted by molar-refractivity contribution is 5.95. The van der Waals surface area contributed by atoms with Crippen molar-refractivity contribution in [2.45, 2.75) is 109 Å². The molecule has 0 aromatic rings. The maximum absolute atomic E-state index is 13.2. The normalized spacial score (nSPS) is 46.5. The van der Waals surface area contributed by atoms with Crippen LogP contribution in [0, 0.1) is 34.5 Å². The van der Waals surface area contributed by atoms with E-state index in [0.29, 0.717) is 25.7 Å². The lowest BCUT2D eigenvalue weighted by Gasteiger charge is -2.60. The van der Waals surface area contributed by atoms with E-state index in [2.05, 4.69) is 0 Å². The molecule has 2 unspecified atom stereocenters. The molecular formula is C27H42O8. The molecule has 198 valence electrons. The fourth-order valence-corrected chi connectivity index (χ4v) is 8.32. The first-order valence-electron chi connectivity index (χ1n) is 13.1. The largest absolute Gasteiger partial charge is 0.479 e. The molecule has 0 radical (unpaired) electrons. The van der Waals surface area contributed by atoms with Crippen molar-refractivity contribution in [3.63, 3.8) is 0 Å². The minimum absolute atomic E-state index is 0.0430. The number of rotatable bonds is 6. The first kappa shape index (κ1) is 26.7. The molecule has 0 amide bonds. The maximum atomic E-state index is 13.2. The van der Waals surface area contributed by atoms with Gasteiger partial charge in [0.05, 0.1) is 23.9 Å². The average Bonchev–Trinajstić information content (AvgIpc) is 3.05. The van der Waals surface area contributed by atoms with Crippen molar-refractivity contribution < 1.29 is 40.2 Å². The van der Waals surface area contributed by atoms with E-state index in [9.17, 15) is 40.2 Å². The lowest BCUT2D eigenvalue weighted by molar-refractivity contribution is -0.159. The van der Waals surface area contributed by atoms with Crippen molar-refractivity contribution in [3.8, 4) is 0 Å². The summed E-state index contributed by atoms with van der Waals surface area (Å²) in [7, 11) is 0. The van der Waals surface area contributed by atoms with Crippen LogP contribution in [0.2, 0.25) is 0 Å². The maximum Gasteiger partial charge on any atom is 0.335 e. The summed E-state index contributed by atoms with van der Waals surface area (Å²) in [5, 5.41) is 63.0. The van der Waals surface area contributed by atoms with Crippen molar-refractivity contribution in [2.24, 2.45) is 34.5 Å². The molecule has 8 nitrogen and oxygen atoms in total. The molecule has 0 aromatic carbocycles. The van der Waals surface area contributed by atoms with Crippen molar-refractivity contribution in [1.29, 1.82) is 0 Å². The van der Waals surface area contributed by atoms with Crippen molar-refractivity contribution in [1.82, 2.24) is 0 Å². The van der Waals surface area contributed by atoms with Gasteiger partial charge in [0.25, 0.3) is 0 Å². The van der Waals surface area contributed by atoms with Crippen LogP contribution in [0.4, 0.5) is 0 Å². The Kier molecular flexibility index (Phi) is 6.59. The second-order valence-corrected chi connectivity index (χ2v) is 12.7. The summed E-state index contributed by atoms with van der Waals surface area (Å²) in [4.78, 5) is 24.5. The van der Waals surface area contributed by atoms with E-state index < -0.39 is 46.3 Å². The first-order valence-corrected chi connectivity index (χ1v) is 13.1. The molecule has 4 aliphatic carbocycles. The van der Waals surface area contributed by atoms with E-state index in [1.54, 1.807) is 6.08 Å². The van der Waals surface area contributed by atoms with Gasteiger partial charge in [-0.2, -0.15) is 0 Å². The van der Waals surface area contributed by atoms with Gasteiger partial charge in [-0.05, 0) is 93.1 Å². The van der Waals surface area contributed by atoms with Crippen LogP contribution < -0.4 is 0 Å². The number of carbonyl (C=O) groups excluding carboxylic acids is 1. The van der Waals surface area contributed by atoms with E-state index in [1.165, 1.54) is 6.92 Å². The Bertz CT molecular complexity index is 913. The fourth-order valence-electron chi connectivity index (χ4n) is 8.32. The number of aliphatic hydroxyl groups is 5. The quantitative estimate of drug-likeness (QED) is 0.327. The number of aliphatic hydroxyl groups excluding tert-OH is 3. The smallest absolute Gasteiger partial charge is 0.335 e. The summed E-state index contributed by atoms with van der Waals surface area (Å²) in [5.41, 5.74) is -3.46. The van der Waals surface area contributed by atoms with Crippen LogP contribution in [0.3, 0.4) is 0 Å². The van der Waals surface area contributed by atoms with Gasteiger partial charge < -0.3 is 30.6 Å². The van der Waals surface area contributed by atoms with Gasteiger partial charge in [0.15, 0.2) is 11.4 Å². The molecule has 3 fully saturated rings. The van der Waals surface area contributed by atoms with E-state index >= 15 is 0 Å². The van der Waals surface area contributed by atoms with Crippen LogP contribution in [0.1, 0.15) is 79.1 Å². The molecule has 11 atom stereocenters. The van der Waals surface area contributed by atoms with Crippen LogP contribution in [0.15, 0.2) is 11.6 Å². The molecule has 0 aliphatic heterocycles. The summed E-state index contributed by atoms with van der Waals surface area (Å²) in [6, 6.07) is 0. The number of allylic oxidation sites excluding steroid dienone is 1. The summed E-state index contributed by atoms with van der Waals surface area (Å²) in [6.45, 7) is 7.20. The van der Waals surface area contributed by atoms with Crippen molar-refractivity contribution in [3.05, 3.63) is 11.6 Å². The molecule has 0 heterocycles. The zero-order valence-electron chi connectivity index (χ0n) is 21.3. The molecule has 4 aliphatic rings. The van der Waals surface area contributed by atoms with Gasteiger partial charge in [-0.1, -0.05) is 20.8 Å². The summed E-state index contributed by atoms with van der Waals surface area (Å²) >= 11 is 0. The number of hydrogen-bond donors (Lipinski definition) is 6. The van der Waals surface area contributed by atoms with Crippen LogP contribution in [0.5, 0.6) is 0 Å². The van der Waals surface area contributed by atoms with E-state index in [-0.39, 0.29) is 48.7 Å². The highest BCUT2D eigenvalue weighted by Gasteiger charge is 2.67.